The van der Waals surface area contributed by atoms with Crippen LogP contribution in [0.1, 0.15) is 12.0 Å². The van der Waals surface area contributed by atoms with Gasteiger partial charge in [0.1, 0.15) is 17.7 Å². The van der Waals surface area contributed by atoms with E-state index in [4.69, 9.17) is 4.74 Å². The lowest BCUT2D eigenvalue weighted by molar-refractivity contribution is 0.118. The molecule has 2 rings (SSSR count). The molecule has 0 saturated carbocycles. The minimum absolute atomic E-state index is 0.277. The predicted octanol–water partition coefficient (Wildman–Crippen LogP) is 2.03. The van der Waals surface area contributed by atoms with Crippen molar-refractivity contribution in [1.29, 1.82) is 0 Å². The highest BCUT2D eigenvalue weighted by molar-refractivity contribution is 5.19. The zero-order valence-corrected chi connectivity index (χ0v) is 8.32. The second kappa shape index (κ2) is 4.45. The molecule has 1 atom stereocenters. The molecule has 1 unspecified atom stereocenters. The van der Waals surface area contributed by atoms with E-state index in [1.165, 1.54) is 12.1 Å². The van der Waals surface area contributed by atoms with Gasteiger partial charge in [-0.25, -0.2) is 4.39 Å². The SMILES string of the molecule is OC(Cc1cccc(F)c1)C1=CCCO1. The van der Waals surface area contributed by atoms with Crippen molar-refractivity contribution in [3.8, 4) is 0 Å². The van der Waals surface area contributed by atoms with Crippen LogP contribution in [0.4, 0.5) is 4.39 Å². The summed E-state index contributed by atoms with van der Waals surface area (Å²) in [5, 5.41) is 9.78. The van der Waals surface area contributed by atoms with E-state index in [0.717, 1.165) is 12.0 Å². The summed E-state index contributed by atoms with van der Waals surface area (Å²) in [5.74, 6) is 0.334. The fraction of sp³-hybridized carbons (Fsp3) is 0.333. The van der Waals surface area contributed by atoms with Crippen LogP contribution >= 0.6 is 0 Å². The Labute approximate surface area is 88.0 Å². The molecule has 0 amide bonds. The van der Waals surface area contributed by atoms with E-state index >= 15 is 0 Å². The standard InChI is InChI=1S/C12H13FO2/c13-10-4-1-3-9(7-10)8-11(14)12-5-2-6-15-12/h1,3-5,7,11,14H,2,6,8H2. The molecule has 80 valence electrons. The highest BCUT2D eigenvalue weighted by Gasteiger charge is 2.16. The van der Waals surface area contributed by atoms with Crippen molar-refractivity contribution in [1.82, 2.24) is 0 Å². The predicted molar refractivity (Wildman–Crippen MR) is 54.8 cm³/mol. The number of rotatable bonds is 3. The second-order valence-corrected chi connectivity index (χ2v) is 3.59. The van der Waals surface area contributed by atoms with E-state index in [9.17, 15) is 9.50 Å². The van der Waals surface area contributed by atoms with Gasteiger partial charge in [-0.05, 0) is 23.8 Å². The van der Waals surface area contributed by atoms with E-state index in [2.05, 4.69) is 0 Å². The number of aliphatic hydroxyl groups excluding tert-OH is 1. The highest BCUT2D eigenvalue weighted by atomic mass is 19.1. The average Bonchev–Trinajstić information content (AvgIpc) is 2.70. The number of hydrogen-bond acceptors (Lipinski definition) is 2. The summed E-state index contributed by atoms with van der Waals surface area (Å²) >= 11 is 0. The molecule has 0 spiro atoms. The Kier molecular flexibility index (Phi) is 3.02. The van der Waals surface area contributed by atoms with Crippen molar-refractivity contribution in [2.45, 2.75) is 18.9 Å². The number of benzene rings is 1. The van der Waals surface area contributed by atoms with E-state index in [-0.39, 0.29) is 5.82 Å². The lowest BCUT2D eigenvalue weighted by Gasteiger charge is -2.11. The van der Waals surface area contributed by atoms with Crippen molar-refractivity contribution in [3.63, 3.8) is 0 Å². The fourth-order valence-electron chi connectivity index (χ4n) is 1.66. The molecule has 1 aliphatic rings. The van der Waals surface area contributed by atoms with Gasteiger partial charge in [0, 0.05) is 12.8 Å². The Morgan fingerprint density at radius 1 is 1.47 bits per heavy atom. The molecule has 1 aromatic rings. The van der Waals surface area contributed by atoms with E-state index < -0.39 is 6.10 Å². The van der Waals surface area contributed by atoms with Gasteiger partial charge in [0.15, 0.2) is 0 Å². The van der Waals surface area contributed by atoms with Crippen LogP contribution < -0.4 is 0 Å². The molecule has 1 aliphatic heterocycles. The summed E-state index contributed by atoms with van der Waals surface area (Å²) in [5.41, 5.74) is 0.777. The molecule has 0 bridgehead atoms. The Bertz CT molecular complexity index is 374. The normalized spacial score (nSPS) is 17.1. The van der Waals surface area contributed by atoms with Gasteiger partial charge >= 0.3 is 0 Å². The average molecular weight is 208 g/mol. The zero-order chi connectivity index (χ0) is 10.7. The van der Waals surface area contributed by atoms with Crippen LogP contribution in [0.15, 0.2) is 36.1 Å². The fourth-order valence-corrected chi connectivity index (χ4v) is 1.66. The molecule has 1 N–H and O–H groups in total. The van der Waals surface area contributed by atoms with Crippen LogP contribution in [-0.4, -0.2) is 17.8 Å². The minimum Gasteiger partial charge on any atom is -0.495 e. The van der Waals surface area contributed by atoms with Crippen molar-refractivity contribution in [2.75, 3.05) is 6.61 Å². The van der Waals surface area contributed by atoms with E-state index in [1.807, 2.05) is 6.08 Å². The summed E-state index contributed by atoms with van der Waals surface area (Å²) in [6.45, 7) is 0.634. The van der Waals surface area contributed by atoms with Gasteiger partial charge in [0.2, 0.25) is 0 Å². The molecule has 0 saturated heterocycles. The summed E-state index contributed by atoms with van der Waals surface area (Å²) in [6, 6.07) is 6.25. The number of halogens is 1. The first-order chi connectivity index (χ1) is 7.25. The summed E-state index contributed by atoms with van der Waals surface area (Å²) < 4.78 is 18.1. The largest absolute Gasteiger partial charge is 0.495 e. The maximum atomic E-state index is 12.9. The second-order valence-electron chi connectivity index (χ2n) is 3.59. The smallest absolute Gasteiger partial charge is 0.123 e. The number of ether oxygens (including phenoxy) is 1. The van der Waals surface area contributed by atoms with Crippen molar-refractivity contribution in [3.05, 3.63) is 47.5 Å². The van der Waals surface area contributed by atoms with E-state index in [1.54, 1.807) is 12.1 Å². The monoisotopic (exact) mass is 208 g/mol. The summed E-state index contributed by atoms with van der Waals surface area (Å²) in [6.07, 6.45) is 2.46. The first-order valence-corrected chi connectivity index (χ1v) is 5.01. The molecule has 15 heavy (non-hydrogen) atoms. The van der Waals surface area contributed by atoms with Crippen LogP contribution in [0.2, 0.25) is 0 Å². The molecule has 0 aromatic heterocycles. The highest BCUT2D eigenvalue weighted by Crippen LogP contribution is 2.17. The van der Waals surface area contributed by atoms with Gasteiger partial charge in [-0.2, -0.15) is 0 Å². The molecule has 0 fully saturated rings. The zero-order valence-electron chi connectivity index (χ0n) is 8.32. The third kappa shape index (κ3) is 2.57. The third-order valence-electron chi connectivity index (χ3n) is 2.38. The lowest BCUT2D eigenvalue weighted by Crippen LogP contribution is -2.14. The number of aliphatic hydroxyl groups is 1. The lowest BCUT2D eigenvalue weighted by atomic mass is 10.1. The molecule has 1 heterocycles. The Morgan fingerprint density at radius 3 is 3.00 bits per heavy atom. The third-order valence-corrected chi connectivity index (χ3v) is 2.38. The Hall–Kier alpha value is -1.35. The van der Waals surface area contributed by atoms with Crippen LogP contribution in [0.3, 0.4) is 0 Å². The van der Waals surface area contributed by atoms with Crippen LogP contribution in [0.5, 0.6) is 0 Å². The van der Waals surface area contributed by atoms with Gasteiger partial charge in [-0.3, -0.25) is 0 Å². The van der Waals surface area contributed by atoms with Crippen LogP contribution in [0.25, 0.3) is 0 Å². The molecule has 1 aromatic carbocycles. The topological polar surface area (TPSA) is 29.5 Å². The van der Waals surface area contributed by atoms with Gasteiger partial charge < -0.3 is 9.84 Å². The van der Waals surface area contributed by atoms with E-state index in [0.29, 0.717) is 18.8 Å². The summed E-state index contributed by atoms with van der Waals surface area (Å²) in [7, 11) is 0. The van der Waals surface area contributed by atoms with Gasteiger partial charge in [0.25, 0.3) is 0 Å². The van der Waals surface area contributed by atoms with Crippen molar-refractivity contribution >= 4 is 0 Å². The first kappa shape index (κ1) is 10.2. The Morgan fingerprint density at radius 2 is 2.33 bits per heavy atom. The summed E-state index contributed by atoms with van der Waals surface area (Å²) in [4.78, 5) is 0. The minimum atomic E-state index is -0.658. The van der Waals surface area contributed by atoms with Gasteiger partial charge in [0.05, 0.1) is 6.61 Å². The first-order valence-electron chi connectivity index (χ1n) is 5.01. The quantitative estimate of drug-likeness (QED) is 0.823. The van der Waals surface area contributed by atoms with Crippen molar-refractivity contribution < 1.29 is 14.2 Å². The molecule has 0 radical (unpaired) electrons. The van der Waals surface area contributed by atoms with Crippen molar-refractivity contribution in [2.24, 2.45) is 0 Å². The Balaban J connectivity index is 2.02. The molecular formula is C12H13FO2. The maximum absolute atomic E-state index is 12.9. The van der Waals surface area contributed by atoms with Gasteiger partial charge in [-0.15, -0.1) is 0 Å². The molecule has 2 nitrogen and oxygen atoms in total. The number of hydrogen-bond donors (Lipinski definition) is 1. The molecule has 0 aliphatic carbocycles. The van der Waals surface area contributed by atoms with Gasteiger partial charge in [-0.1, -0.05) is 12.1 Å². The molecular weight excluding hydrogens is 195 g/mol. The molecule has 3 heteroatoms. The van der Waals surface area contributed by atoms with Crippen LogP contribution in [-0.2, 0) is 11.2 Å². The van der Waals surface area contributed by atoms with Crippen LogP contribution in [0, 0.1) is 5.82 Å². The maximum Gasteiger partial charge on any atom is 0.123 e.